The van der Waals surface area contributed by atoms with Crippen LogP contribution in [0.3, 0.4) is 0 Å². The number of nitrogens with zero attached hydrogens (tertiary/aromatic N) is 2. The molecule has 0 unspecified atom stereocenters. The molecule has 1 aliphatic heterocycles. The van der Waals surface area contributed by atoms with Crippen molar-refractivity contribution in [2.75, 3.05) is 36.5 Å². The SMILES string of the molecule is O=C(CN1CCSCC1)Nc1ccc([N+](=O)[O-])cc1Cl. The van der Waals surface area contributed by atoms with Crippen molar-refractivity contribution >= 4 is 40.6 Å². The average Bonchev–Trinajstić information content (AvgIpc) is 2.42. The van der Waals surface area contributed by atoms with E-state index in [1.165, 1.54) is 18.2 Å². The number of hydrogen-bond donors (Lipinski definition) is 1. The molecule has 108 valence electrons. The summed E-state index contributed by atoms with van der Waals surface area (Å²) in [6, 6.07) is 4.00. The van der Waals surface area contributed by atoms with Gasteiger partial charge in [-0.05, 0) is 6.07 Å². The number of amides is 1. The van der Waals surface area contributed by atoms with E-state index in [1.807, 2.05) is 11.8 Å². The molecule has 8 heteroatoms. The molecule has 0 aliphatic carbocycles. The first-order chi connectivity index (χ1) is 9.56. The van der Waals surface area contributed by atoms with Crippen LogP contribution in [0.2, 0.25) is 5.02 Å². The van der Waals surface area contributed by atoms with Crippen LogP contribution in [0.5, 0.6) is 0 Å². The lowest BCUT2D eigenvalue weighted by atomic mass is 10.3. The van der Waals surface area contributed by atoms with Crippen LogP contribution < -0.4 is 5.32 Å². The first-order valence-electron chi connectivity index (χ1n) is 6.10. The van der Waals surface area contributed by atoms with E-state index >= 15 is 0 Å². The van der Waals surface area contributed by atoms with Gasteiger partial charge < -0.3 is 5.32 Å². The van der Waals surface area contributed by atoms with E-state index in [0.29, 0.717) is 12.2 Å². The number of anilines is 1. The maximum Gasteiger partial charge on any atom is 0.271 e. The Morgan fingerprint density at radius 2 is 2.15 bits per heavy atom. The summed E-state index contributed by atoms with van der Waals surface area (Å²) in [5.41, 5.74) is 0.301. The van der Waals surface area contributed by atoms with Crippen molar-refractivity contribution in [2.45, 2.75) is 0 Å². The Hall–Kier alpha value is -1.31. The molecule has 0 bridgehead atoms. The highest BCUT2D eigenvalue weighted by atomic mass is 35.5. The molecule has 6 nitrogen and oxygen atoms in total. The molecule has 0 aromatic heterocycles. The van der Waals surface area contributed by atoms with Crippen molar-refractivity contribution < 1.29 is 9.72 Å². The highest BCUT2D eigenvalue weighted by Gasteiger charge is 2.16. The van der Waals surface area contributed by atoms with Gasteiger partial charge in [-0.25, -0.2) is 0 Å². The van der Waals surface area contributed by atoms with Crippen molar-refractivity contribution in [3.8, 4) is 0 Å². The molecule has 1 aromatic rings. The van der Waals surface area contributed by atoms with Gasteiger partial charge >= 0.3 is 0 Å². The van der Waals surface area contributed by atoms with Gasteiger partial charge in [-0.15, -0.1) is 0 Å². The van der Waals surface area contributed by atoms with Crippen LogP contribution in [0.15, 0.2) is 18.2 Å². The zero-order chi connectivity index (χ0) is 14.5. The first kappa shape index (κ1) is 15.1. The van der Waals surface area contributed by atoms with Gasteiger partial charge in [0, 0.05) is 36.7 Å². The van der Waals surface area contributed by atoms with Gasteiger partial charge in [-0.1, -0.05) is 11.6 Å². The monoisotopic (exact) mass is 315 g/mol. The maximum absolute atomic E-state index is 11.9. The number of nitro benzene ring substituents is 1. The number of nitro groups is 1. The van der Waals surface area contributed by atoms with Gasteiger partial charge in [0.05, 0.1) is 22.2 Å². The zero-order valence-electron chi connectivity index (χ0n) is 10.7. The fourth-order valence-electron chi connectivity index (χ4n) is 1.87. The summed E-state index contributed by atoms with van der Waals surface area (Å²) < 4.78 is 0. The Labute approximate surface area is 125 Å². The molecule has 0 spiro atoms. The predicted octanol–water partition coefficient (Wildman–Crippen LogP) is 2.24. The highest BCUT2D eigenvalue weighted by molar-refractivity contribution is 7.99. The van der Waals surface area contributed by atoms with E-state index in [0.717, 1.165) is 24.6 Å². The molecule has 1 fully saturated rings. The minimum atomic E-state index is -0.525. The van der Waals surface area contributed by atoms with E-state index in [-0.39, 0.29) is 16.6 Å². The van der Waals surface area contributed by atoms with Crippen molar-refractivity contribution in [1.29, 1.82) is 0 Å². The third-order valence-corrected chi connectivity index (χ3v) is 4.16. The molecule has 1 saturated heterocycles. The van der Waals surface area contributed by atoms with Crippen LogP contribution in [0.1, 0.15) is 0 Å². The topological polar surface area (TPSA) is 75.5 Å². The molecular weight excluding hydrogens is 302 g/mol. The number of benzene rings is 1. The fraction of sp³-hybridized carbons (Fsp3) is 0.417. The third kappa shape index (κ3) is 4.09. The summed E-state index contributed by atoms with van der Waals surface area (Å²) in [6.45, 7) is 2.10. The first-order valence-corrected chi connectivity index (χ1v) is 7.63. The predicted molar refractivity (Wildman–Crippen MR) is 80.5 cm³/mol. The standard InChI is InChI=1S/C12H14ClN3O3S/c13-10-7-9(16(18)19)1-2-11(10)14-12(17)8-15-3-5-20-6-4-15/h1-2,7H,3-6,8H2,(H,14,17). The number of rotatable bonds is 4. The second-order valence-electron chi connectivity index (χ2n) is 4.36. The van der Waals surface area contributed by atoms with Gasteiger partial charge in [0.25, 0.3) is 5.69 Å². The molecular formula is C12H14ClN3O3S. The molecule has 1 heterocycles. The second kappa shape index (κ2) is 6.92. The van der Waals surface area contributed by atoms with E-state index in [2.05, 4.69) is 10.2 Å². The smallest absolute Gasteiger partial charge is 0.271 e. The van der Waals surface area contributed by atoms with Gasteiger partial charge in [-0.3, -0.25) is 19.8 Å². The van der Waals surface area contributed by atoms with E-state index in [1.54, 1.807) is 0 Å². The third-order valence-electron chi connectivity index (χ3n) is 2.91. The van der Waals surface area contributed by atoms with Crippen LogP contribution in [-0.4, -0.2) is 46.9 Å². The minimum absolute atomic E-state index is 0.0962. The van der Waals surface area contributed by atoms with Crippen molar-refractivity contribution in [3.05, 3.63) is 33.3 Å². The lowest BCUT2D eigenvalue weighted by Gasteiger charge is -2.25. The number of carbonyl (C=O) groups is 1. The summed E-state index contributed by atoms with van der Waals surface area (Å²) in [5, 5.41) is 13.5. The number of carbonyl (C=O) groups excluding carboxylic acids is 1. The lowest BCUT2D eigenvalue weighted by Crippen LogP contribution is -2.38. The van der Waals surface area contributed by atoms with Gasteiger partial charge in [0.2, 0.25) is 5.91 Å². The number of nitrogens with one attached hydrogen (secondary N) is 1. The Morgan fingerprint density at radius 1 is 1.45 bits per heavy atom. The van der Waals surface area contributed by atoms with Gasteiger partial charge in [0.15, 0.2) is 0 Å². The highest BCUT2D eigenvalue weighted by Crippen LogP contribution is 2.26. The van der Waals surface area contributed by atoms with Crippen LogP contribution in [0.4, 0.5) is 11.4 Å². The summed E-state index contributed by atoms with van der Waals surface area (Å²) in [4.78, 5) is 24.0. The largest absolute Gasteiger partial charge is 0.324 e. The summed E-state index contributed by atoms with van der Waals surface area (Å²) in [5.74, 6) is 1.91. The second-order valence-corrected chi connectivity index (χ2v) is 5.99. The van der Waals surface area contributed by atoms with Crippen molar-refractivity contribution in [3.63, 3.8) is 0 Å². The van der Waals surface area contributed by atoms with E-state index < -0.39 is 4.92 Å². The van der Waals surface area contributed by atoms with E-state index in [4.69, 9.17) is 11.6 Å². The van der Waals surface area contributed by atoms with Crippen molar-refractivity contribution in [2.24, 2.45) is 0 Å². The molecule has 0 radical (unpaired) electrons. The molecule has 20 heavy (non-hydrogen) atoms. The lowest BCUT2D eigenvalue weighted by molar-refractivity contribution is -0.384. The Kier molecular flexibility index (Phi) is 5.22. The summed E-state index contributed by atoms with van der Waals surface area (Å²) in [7, 11) is 0. The number of thioether (sulfide) groups is 1. The normalized spacial score (nSPS) is 15.8. The Bertz CT molecular complexity index is 521. The minimum Gasteiger partial charge on any atom is -0.324 e. The van der Waals surface area contributed by atoms with E-state index in [9.17, 15) is 14.9 Å². The van der Waals surface area contributed by atoms with Gasteiger partial charge in [0.1, 0.15) is 0 Å². The molecule has 1 N–H and O–H groups in total. The zero-order valence-corrected chi connectivity index (χ0v) is 12.2. The fourth-order valence-corrected chi connectivity index (χ4v) is 3.07. The Balaban J connectivity index is 1.95. The number of hydrogen-bond acceptors (Lipinski definition) is 5. The number of non-ortho nitro benzene ring substituents is 1. The molecule has 2 rings (SSSR count). The summed E-state index contributed by atoms with van der Waals surface area (Å²) >= 11 is 7.80. The quantitative estimate of drug-likeness (QED) is 0.681. The van der Waals surface area contributed by atoms with Crippen LogP contribution in [-0.2, 0) is 4.79 Å². The summed E-state index contributed by atoms with van der Waals surface area (Å²) in [6.07, 6.45) is 0. The molecule has 1 aliphatic rings. The molecule has 0 atom stereocenters. The van der Waals surface area contributed by atoms with Crippen LogP contribution in [0.25, 0.3) is 0 Å². The van der Waals surface area contributed by atoms with Crippen LogP contribution in [0, 0.1) is 10.1 Å². The maximum atomic E-state index is 11.9. The van der Waals surface area contributed by atoms with Gasteiger partial charge in [-0.2, -0.15) is 11.8 Å². The van der Waals surface area contributed by atoms with Crippen molar-refractivity contribution in [1.82, 2.24) is 4.90 Å². The molecule has 1 amide bonds. The van der Waals surface area contributed by atoms with Crippen LogP contribution >= 0.6 is 23.4 Å². The molecule has 0 saturated carbocycles. The number of halogens is 1. The molecule has 1 aromatic carbocycles. The average molecular weight is 316 g/mol. The Morgan fingerprint density at radius 3 is 2.75 bits per heavy atom.